The minimum absolute atomic E-state index is 0.904. The van der Waals surface area contributed by atoms with E-state index in [9.17, 15) is 0 Å². The fourth-order valence-corrected chi connectivity index (χ4v) is 8.88. The smallest absolute Gasteiger partial charge is 0.268 e. The van der Waals surface area contributed by atoms with E-state index in [1.807, 2.05) is 0 Å². The lowest BCUT2D eigenvalue weighted by atomic mass is 10.1. The lowest BCUT2D eigenvalue weighted by Gasteiger charge is -2.52. The molecular formula is C18H28N3Si+. The maximum absolute atomic E-state index is 3.84. The normalized spacial score (nSPS) is 21.4. The fraction of sp³-hybridized carbons (Fsp3) is 0.444. The Morgan fingerprint density at radius 2 is 1.59 bits per heavy atom. The molecule has 4 heteroatoms. The van der Waals surface area contributed by atoms with E-state index >= 15 is 0 Å². The summed E-state index contributed by atoms with van der Waals surface area (Å²) < 4.78 is 0.904. The van der Waals surface area contributed by atoms with Gasteiger partial charge in [0.1, 0.15) is 5.69 Å². The Morgan fingerprint density at radius 3 is 2.18 bits per heavy atom. The van der Waals surface area contributed by atoms with Crippen molar-refractivity contribution >= 4 is 30.4 Å². The molecular weight excluding hydrogens is 286 g/mol. The largest absolute Gasteiger partial charge is 0.310 e. The zero-order chi connectivity index (χ0) is 16.0. The molecule has 0 radical (unpaired) electrons. The van der Waals surface area contributed by atoms with Gasteiger partial charge in [0.25, 0.3) is 0 Å². The van der Waals surface area contributed by atoms with Crippen molar-refractivity contribution in [2.45, 2.75) is 38.9 Å². The van der Waals surface area contributed by atoms with Crippen LogP contribution in [0.15, 0.2) is 36.4 Å². The first-order valence-electron chi connectivity index (χ1n) is 8.43. The van der Waals surface area contributed by atoms with Crippen molar-refractivity contribution in [3.63, 3.8) is 0 Å². The third kappa shape index (κ3) is 1.87. The average molecular weight is 315 g/mol. The number of nitrogens with one attached hydrogen (secondary N) is 1. The highest BCUT2D eigenvalue weighted by molar-refractivity contribution is 6.80. The van der Waals surface area contributed by atoms with Gasteiger partial charge in [0.2, 0.25) is 0 Å². The van der Waals surface area contributed by atoms with Gasteiger partial charge in [0.15, 0.2) is 0 Å². The van der Waals surface area contributed by atoms with Crippen LogP contribution >= 0.6 is 0 Å². The Labute approximate surface area is 135 Å². The number of anilines is 1. The summed E-state index contributed by atoms with van der Waals surface area (Å²) in [5.41, 5.74) is 6.57. The monoisotopic (exact) mass is 314 g/mol. The van der Waals surface area contributed by atoms with Gasteiger partial charge in [0.05, 0.1) is 18.1 Å². The van der Waals surface area contributed by atoms with E-state index in [1.54, 1.807) is 0 Å². The third-order valence-electron chi connectivity index (χ3n) is 5.98. The molecule has 22 heavy (non-hydrogen) atoms. The molecule has 3 rings (SSSR count). The van der Waals surface area contributed by atoms with E-state index in [0.717, 1.165) is 4.26 Å². The van der Waals surface area contributed by atoms with Gasteiger partial charge in [-0.3, -0.25) is 9.27 Å². The van der Waals surface area contributed by atoms with Crippen LogP contribution in [0.3, 0.4) is 0 Å². The van der Waals surface area contributed by atoms with E-state index in [-0.39, 0.29) is 0 Å². The molecule has 0 saturated carbocycles. The minimum Gasteiger partial charge on any atom is -0.268 e. The first-order chi connectivity index (χ1) is 10.5. The van der Waals surface area contributed by atoms with Crippen LogP contribution in [-0.2, 0) is 0 Å². The summed E-state index contributed by atoms with van der Waals surface area (Å²) in [5, 5.41) is 5.00. The summed E-state index contributed by atoms with van der Waals surface area (Å²) >= 11 is 0. The van der Waals surface area contributed by atoms with Crippen LogP contribution in [0, 0.1) is 0 Å². The first-order valence-corrected chi connectivity index (χ1v) is 11.0. The molecule has 3 nitrogen and oxygen atoms in total. The lowest BCUT2D eigenvalue weighted by molar-refractivity contribution is 0.346. The zero-order valence-corrected chi connectivity index (χ0v) is 15.5. The van der Waals surface area contributed by atoms with Crippen LogP contribution in [0.5, 0.6) is 0 Å². The molecule has 1 aliphatic rings. The SMILES string of the molecule is CC[Si](CC)(CC)[N+]1(C)NN(C)c2cccc3cccc1c23. The van der Waals surface area contributed by atoms with Crippen molar-refractivity contribution in [1.82, 2.24) is 9.79 Å². The molecule has 1 unspecified atom stereocenters. The number of nitrogens with zero attached hydrogens (tertiary/aromatic N) is 2. The molecule has 2 aromatic rings. The molecule has 0 spiro atoms. The van der Waals surface area contributed by atoms with Crippen LogP contribution in [0.4, 0.5) is 11.4 Å². The second-order valence-electron chi connectivity index (χ2n) is 6.60. The van der Waals surface area contributed by atoms with Gasteiger partial charge in [-0.05, 0) is 29.6 Å². The number of rotatable bonds is 4. The lowest BCUT2D eigenvalue weighted by Crippen LogP contribution is -2.77. The maximum atomic E-state index is 3.84. The van der Waals surface area contributed by atoms with Gasteiger partial charge in [-0.2, -0.15) is 0 Å². The molecule has 2 aromatic carbocycles. The van der Waals surface area contributed by atoms with Crippen molar-refractivity contribution in [1.29, 1.82) is 0 Å². The molecule has 0 aromatic heterocycles. The van der Waals surface area contributed by atoms with E-state index in [2.05, 4.69) is 81.8 Å². The fourth-order valence-electron chi connectivity index (χ4n) is 4.42. The Bertz CT molecular complexity index is 682. The first kappa shape index (κ1) is 15.5. The van der Waals surface area contributed by atoms with Gasteiger partial charge in [-0.25, -0.2) is 0 Å². The highest BCUT2D eigenvalue weighted by Crippen LogP contribution is 2.44. The minimum atomic E-state index is -1.54. The van der Waals surface area contributed by atoms with Crippen molar-refractivity contribution in [3.05, 3.63) is 36.4 Å². The van der Waals surface area contributed by atoms with Gasteiger partial charge in [-0.15, -0.1) is 0 Å². The van der Waals surface area contributed by atoms with E-state index in [1.165, 1.54) is 40.3 Å². The Morgan fingerprint density at radius 1 is 1.00 bits per heavy atom. The van der Waals surface area contributed by atoms with Crippen LogP contribution in [0.1, 0.15) is 20.8 Å². The number of hydrogen-bond donors (Lipinski definition) is 1. The van der Waals surface area contributed by atoms with Crippen molar-refractivity contribution < 1.29 is 0 Å². The molecule has 0 aliphatic carbocycles. The Kier molecular flexibility index (Phi) is 3.79. The molecule has 0 amide bonds. The van der Waals surface area contributed by atoms with Crippen LogP contribution in [0.25, 0.3) is 10.8 Å². The molecule has 0 fully saturated rings. The van der Waals surface area contributed by atoms with Crippen LogP contribution in [0.2, 0.25) is 18.1 Å². The molecule has 1 heterocycles. The summed E-state index contributed by atoms with van der Waals surface area (Å²) in [7, 11) is 3.01. The summed E-state index contributed by atoms with van der Waals surface area (Å²) in [6.45, 7) is 7.14. The molecule has 0 saturated heterocycles. The topological polar surface area (TPSA) is 15.3 Å². The van der Waals surface area contributed by atoms with Crippen LogP contribution in [-0.4, -0.2) is 22.3 Å². The zero-order valence-electron chi connectivity index (χ0n) is 14.5. The molecule has 118 valence electrons. The second kappa shape index (κ2) is 5.37. The van der Waals surface area contributed by atoms with Crippen molar-refractivity contribution in [2.75, 3.05) is 19.1 Å². The molecule has 0 bridgehead atoms. The number of benzene rings is 2. The van der Waals surface area contributed by atoms with Gasteiger partial charge in [-0.1, -0.05) is 50.6 Å². The van der Waals surface area contributed by atoms with E-state index in [4.69, 9.17) is 0 Å². The van der Waals surface area contributed by atoms with Gasteiger partial charge in [0, 0.05) is 13.1 Å². The highest BCUT2D eigenvalue weighted by atomic mass is 28.3. The number of quaternary nitrogens is 1. The number of hydrazine groups is 1. The summed E-state index contributed by atoms with van der Waals surface area (Å²) in [4.78, 5) is 0. The predicted octanol–water partition coefficient (Wildman–Crippen LogP) is 4.65. The number of hydrogen-bond acceptors (Lipinski definition) is 2. The highest BCUT2D eigenvalue weighted by Gasteiger charge is 2.53. The van der Waals surface area contributed by atoms with E-state index < -0.39 is 8.24 Å². The average Bonchev–Trinajstić information content (AvgIpc) is 2.54. The standard InChI is InChI=1S/C18H28N3Si/c1-6-22(7-2,8-3)21(5)17-14-10-12-15-11-9-13-16(18(15)17)20(4)19-21/h9-14,19H,6-8H2,1-5H3/q+1. The summed E-state index contributed by atoms with van der Waals surface area (Å²) in [6, 6.07) is 17.2. The molecule has 1 atom stereocenters. The van der Waals surface area contributed by atoms with Gasteiger partial charge < -0.3 is 0 Å². The van der Waals surface area contributed by atoms with Crippen molar-refractivity contribution in [3.8, 4) is 0 Å². The van der Waals surface area contributed by atoms with E-state index in [0.29, 0.717) is 0 Å². The Balaban J connectivity index is 2.35. The van der Waals surface area contributed by atoms with Crippen LogP contribution < -0.4 is 14.8 Å². The predicted molar refractivity (Wildman–Crippen MR) is 100 cm³/mol. The van der Waals surface area contributed by atoms with Crippen molar-refractivity contribution in [2.24, 2.45) is 0 Å². The second-order valence-corrected chi connectivity index (χ2v) is 12.1. The quantitative estimate of drug-likeness (QED) is 0.826. The maximum Gasteiger partial charge on any atom is 0.310 e. The molecule has 1 N–H and O–H groups in total. The third-order valence-corrected chi connectivity index (χ3v) is 12.2. The van der Waals surface area contributed by atoms with Gasteiger partial charge >= 0.3 is 8.24 Å². The summed E-state index contributed by atoms with van der Waals surface area (Å²) in [6.07, 6.45) is 0. The molecule has 1 aliphatic heterocycles. The Hall–Kier alpha value is -1.36. The summed E-state index contributed by atoms with van der Waals surface area (Å²) in [5.74, 6) is 0.